The summed E-state index contributed by atoms with van der Waals surface area (Å²) in [4.78, 5) is 2.77. The summed E-state index contributed by atoms with van der Waals surface area (Å²) in [5.41, 5.74) is 1.12. The molecule has 0 amide bonds. The van der Waals surface area contributed by atoms with E-state index in [9.17, 15) is 8.42 Å². The Bertz CT molecular complexity index is 554. The molecule has 1 saturated carbocycles. The molecule has 1 aliphatic carbocycles. The van der Waals surface area contributed by atoms with Gasteiger partial charge in [0.2, 0.25) is 10.0 Å². The Hall–Kier alpha value is -0.590. The smallest absolute Gasteiger partial charge is 0.242 e. The van der Waals surface area contributed by atoms with Gasteiger partial charge in [0.15, 0.2) is 0 Å². The maximum atomic E-state index is 12.1. The highest BCUT2D eigenvalue weighted by Gasteiger charge is 2.25. The molecule has 0 N–H and O–H groups in total. The summed E-state index contributed by atoms with van der Waals surface area (Å²) in [6.07, 6.45) is 4.86. The van der Waals surface area contributed by atoms with E-state index in [4.69, 9.17) is 0 Å². The van der Waals surface area contributed by atoms with Gasteiger partial charge in [0.05, 0.1) is 4.90 Å². The average Bonchev–Trinajstić information content (AvgIpc) is 2.41. The van der Waals surface area contributed by atoms with Gasteiger partial charge in [-0.05, 0) is 49.9 Å². The number of hydrogen-bond donors (Lipinski definition) is 0. The molecule has 0 atom stereocenters. The fraction of sp³-hybridized carbons (Fsp3) is 0.600. The second kappa shape index (κ2) is 7.11. The minimum absolute atomic E-state index is 0.352. The maximum absolute atomic E-state index is 12.1. The lowest BCUT2D eigenvalue weighted by atomic mass is 9.91. The molecule has 1 aliphatic rings. The molecule has 21 heavy (non-hydrogen) atoms. The number of alkyl halides is 1. The van der Waals surface area contributed by atoms with E-state index in [2.05, 4.69) is 20.8 Å². The highest BCUT2D eigenvalue weighted by atomic mass is 79.9. The summed E-state index contributed by atoms with van der Waals surface area (Å²) in [6.45, 7) is 1.01. The second-order valence-electron chi connectivity index (χ2n) is 5.60. The first-order valence-corrected chi connectivity index (χ1v) is 9.88. The zero-order chi connectivity index (χ0) is 15.5. The number of rotatable bonds is 7. The molecular weight excluding hydrogens is 352 g/mol. The highest BCUT2D eigenvalue weighted by Crippen LogP contribution is 2.30. The normalized spacial score (nSPS) is 16.0. The number of benzene rings is 1. The average molecular weight is 375 g/mol. The van der Waals surface area contributed by atoms with Crippen LogP contribution < -0.4 is 4.90 Å². The molecule has 0 aliphatic heterocycles. The van der Waals surface area contributed by atoms with Crippen LogP contribution in [-0.4, -0.2) is 44.7 Å². The fourth-order valence-electron chi connectivity index (χ4n) is 2.47. The van der Waals surface area contributed by atoms with Crippen molar-refractivity contribution >= 4 is 31.6 Å². The Balaban J connectivity index is 2.19. The molecule has 1 aromatic rings. The number of anilines is 1. The Morgan fingerprint density at radius 1 is 1.19 bits per heavy atom. The van der Waals surface area contributed by atoms with Crippen LogP contribution >= 0.6 is 15.9 Å². The topological polar surface area (TPSA) is 40.6 Å². The quantitative estimate of drug-likeness (QED) is 0.688. The van der Waals surface area contributed by atoms with Crippen molar-refractivity contribution in [1.82, 2.24) is 4.31 Å². The first kappa shape index (κ1) is 16.8. The summed E-state index contributed by atoms with van der Waals surface area (Å²) in [7, 11) is -0.230. The van der Waals surface area contributed by atoms with E-state index in [0.29, 0.717) is 10.9 Å². The number of sulfonamides is 1. The largest absolute Gasteiger partial charge is 0.369 e. The predicted molar refractivity (Wildman–Crippen MR) is 90.7 cm³/mol. The molecule has 0 saturated heterocycles. The third kappa shape index (κ3) is 3.79. The zero-order valence-corrected chi connectivity index (χ0v) is 15.0. The van der Waals surface area contributed by atoms with Crippen molar-refractivity contribution in [2.24, 2.45) is 0 Å². The van der Waals surface area contributed by atoms with Gasteiger partial charge in [-0.25, -0.2) is 12.7 Å². The van der Waals surface area contributed by atoms with Crippen molar-refractivity contribution in [2.45, 2.75) is 36.6 Å². The first-order chi connectivity index (χ1) is 9.96. The van der Waals surface area contributed by atoms with Crippen LogP contribution in [0, 0.1) is 0 Å². The molecule has 0 bridgehead atoms. The standard InChI is InChI=1S/C15H23BrN2O2S/c1-17(2)21(19,20)15-9-7-14(8-10-15)18(12-4-11-16)13-5-3-6-13/h7-10,13H,3-6,11-12H2,1-2H3. The fourth-order valence-corrected chi connectivity index (χ4v) is 3.62. The van der Waals surface area contributed by atoms with Gasteiger partial charge in [0, 0.05) is 37.7 Å². The van der Waals surface area contributed by atoms with Gasteiger partial charge < -0.3 is 4.90 Å². The van der Waals surface area contributed by atoms with Gasteiger partial charge in [-0.2, -0.15) is 0 Å². The Morgan fingerprint density at radius 2 is 1.81 bits per heavy atom. The summed E-state index contributed by atoms with van der Waals surface area (Å²) in [6, 6.07) is 7.90. The molecule has 2 rings (SSSR count). The Labute approximate surface area is 136 Å². The van der Waals surface area contributed by atoms with Crippen LogP contribution in [0.1, 0.15) is 25.7 Å². The molecule has 0 aromatic heterocycles. The van der Waals surface area contributed by atoms with Gasteiger partial charge >= 0.3 is 0 Å². The summed E-state index contributed by atoms with van der Waals surface area (Å²) in [5, 5.41) is 0.989. The minimum Gasteiger partial charge on any atom is -0.369 e. The number of nitrogens with zero attached hydrogens (tertiary/aromatic N) is 2. The van der Waals surface area contributed by atoms with E-state index in [0.717, 1.165) is 24.0 Å². The third-order valence-electron chi connectivity index (χ3n) is 4.00. The number of halogens is 1. The van der Waals surface area contributed by atoms with Gasteiger partial charge in [-0.15, -0.1) is 0 Å². The van der Waals surface area contributed by atoms with Gasteiger partial charge in [0.25, 0.3) is 0 Å². The Kier molecular flexibility index (Phi) is 5.68. The second-order valence-corrected chi connectivity index (χ2v) is 8.55. The molecule has 0 heterocycles. The lowest BCUT2D eigenvalue weighted by Gasteiger charge is -2.39. The summed E-state index contributed by atoms with van der Waals surface area (Å²) >= 11 is 3.48. The lowest BCUT2D eigenvalue weighted by molar-refractivity contribution is 0.386. The first-order valence-electron chi connectivity index (χ1n) is 7.32. The molecule has 0 spiro atoms. The summed E-state index contributed by atoms with van der Waals surface area (Å²) < 4.78 is 25.4. The van der Waals surface area contributed by atoms with Gasteiger partial charge in [0.1, 0.15) is 0 Å². The molecule has 0 unspecified atom stereocenters. The van der Waals surface area contributed by atoms with Crippen molar-refractivity contribution in [3.05, 3.63) is 24.3 Å². The molecule has 1 fully saturated rings. The SMILES string of the molecule is CN(C)S(=O)(=O)c1ccc(N(CCCBr)C2CCC2)cc1. The summed E-state index contributed by atoms with van der Waals surface area (Å²) in [5.74, 6) is 0. The van der Waals surface area contributed by atoms with E-state index < -0.39 is 10.0 Å². The minimum atomic E-state index is -3.34. The van der Waals surface area contributed by atoms with Gasteiger partial charge in [-0.1, -0.05) is 15.9 Å². The van der Waals surface area contributed by atoms with Crippen LogP contribution in [0.5, 0.6) is 0 Å². The molecule has 4 nitrogen and oxygen atoms in total. The third-order valence-corrected chi connectivity index (χ3v) is 6.39. The Morgan fingerprint density at radius 3 is 2.24 bits per heavy atom. The van der Waals surface area contributed by atoms with Gasteiger partial charge in [-0.3, -0.25) is 0 Å². The molecule has 6 heteroatoms. The van der Waals surface area contributed by atoms with Crippen molar-refractivity contribution in [3.63, 3.8) is 0 Å². The zero-order valence-electron chi connectivity index (χ0n) is 12.6. The number of hydrogen-bond acceptors (Lipinski definition) is 3. The van der Waals surface area contributed by atoms with E-state index in [1.54, 1.807) is 26.2 Å². The monoisotopic (exact) mass is 374 g/mol. The molecule has 118 valence electrons. The van der Waals surface area contributed by atoms with Crippen molar-refractivity contribution in [1.29, 1.82) is 0 Å². The highest BCUT2D eigenvalue weighted by molar-refractivity contribution is 9.09. The van der Waals surface area contributed by atoms with Crippen LogP contribution in [0.3, 0.4) is 0 Å². The van der Waals surface area contributed by atoms with E-state index in [1.807, 2.05) is 12.1 Å². The van der Waals surface area contributed by atoms with Crippen LogP contribution in [0.2, 0.25) is 0 Å². The van der Waals surface area contributed by atoms with Crippen LogP contribution in [0.15, 0.2) is 29.2 Å². The van der Waals surface area contributed by atoms with Crippen LogP contribution in [0.4, 0.5) is 5.69 Å². The molecule has 0 radical (unpaired) electrons. The predicted octanol–water partition coefficient (Wildman–Crippen LogP) is 3.08. The van der Waals surface area contributed by atoms with Crippen molar-refractivity contribution in [2.75, 3.05) is 30.9 Å². The van der Waals surface area contributed by atoms with E-state index >= 15 is 0 Å². The van der Waals surface area contributed by atoms with E-state index in [-0.39, 0.29) is 0 Å². The van der Waals surface area contributed by atoms with Crippen molar-refractivity contribution < 1.29 is 8.42 Å². The van der Waals surface area contributed by atoms with Crippen molar-refractivity contribution in [3.8, 4) is 0 Å². The van der Waals surface area contributed by atoms with Crippen LogP contribution in [-0.2, 0) is 10.0 Å². The lowest BCUT2D eigenvalue weighted by Crippen LogP contribution is -2.41. The molecule has 1 aromatic carbocycles. The molecular formula is C15H23BrN2O2S. The van der Waals surface area contributed by atoms with Crippen LogP contribution in [0.25, 0.3) is 0 Å². The van der Waals surface area contributed by atoms with E-state index in [1.165, 1.54) is 23.6 Å². The maximum Gasteiger partial charge on any atom is 0.242 e.